The molecular formula is C12H16N2O3S. The van der Waals surface area contributed by atoms with E-state index in [1.54, 1.807) is 20.0 Å². The molecule has 0 fully saturated rings. The number of carbonyl (C=O) groups is 1. The smallest absolute Gasteiger partial charge is 0.254 e. The van der Waals surface area contributed by atoms with E-state index in [4.69, 9.17) is 5.14 Å². The molecule has 1 rings (SSSR count). The molecule has 0 aromatic heterocycles. The van der Waals surface area contributed by atoms with Crippen molar-refractivity contribution >= 4 is 15.9 Å². The van der Waals surface area contributed by atoms with E-state index in [1.807, 2.05) is 0 Å². The Bertz CT molecular complexity index is 579. The minimum atomic E-state index is -3.74. The molecule has 0 unspecified atom stereocenters. The van der Waals surface area contributed by atoms with Gasteiger partial charge in [-0.15, -0.1) is 6.58 Å². The molecule has 0 aliphatic rings. The van der Waals surface area contributed by atoms with Gasteiger partial charge in [0.25, 0.3) is 5.91 Å². The second-order valence-electron chi connectivity index (χ2n) is 4.00. The zero-order valence-corrected chi connectivity index (χ0v) is 11.2. The van der Waals surface area contributed by atoms with E-state index in [0.717, 1.165) is 0 Å². The van der Waals surface area contributed by atoms with Crippen molar-refractivity contribution in [3.05, 3.63) is 42.0 Å². The number of sulfonamides is 1. The van der Waals surface area contributed by atoms with Gasteiger partial charge in [0.1, 0.15) is 0 Å². The molecule has 18 heavy (non-hydrogen) atoms. The number of primary sulfonamides is 1. The number of nitrogens with zero attached hydrogens (tertiary/aromatic N) is 1. The van der Waals surface area contributed by atoms with Crippen LogP contribution >= 0.6 is 0 Å². The number of aryl methyl sites for hydroxylation is 1. The first-order valence-electron chi connectivity index (χ1n) is 5.27. The highest BCUT2D eigenvalue weighted by Gasteiger charge is 2.16. The lowest BCUT2D eigenvalue weighted by Crippen LogP contribution is -2.27. The Kier molecular flexibility index (Phi) is 4.26. The number of nitrogens with two attached hydrogens (primary N) is 1. The lowest BCUT2D eigenvalue weighted by atomic mass is 10.1. The highest BCUT2D eigenvalue weighted by Crippen LogP contribution is 2.15. The summed E-state index contributed by atoms with van der Waals surface area (Å²) >= 11 is 0. The third kappa shape index (κ3) is 3.18. The SMILES string of the molecule is C=CCN(C)C(=O)c1ccc(S(N)(=O)=O)cc1C. The third-order valence-electron chi connectivity index (χ3n) is 2.51. The van der Waals surface area contributed by atoms with Crippen molar-refractivity contribution in [1.29, 1.82) is 0 Å². The molecular weight excluding hydrogens is 252 g/mol. The molecule has 0 aliphatic heterocycles. The monoisotopic (exact) mass is 268 g/mol. The fourth-order valence-corrected chi connectivity index (χ4v) is 2.13. The molecule has 0 spiro atoms. The van der Waals surface area contributed by atoms with Crippen molar-refractivity contribution in [3.8, 4) is 0 Å². The van der Waals surface area contributed by atoms with Gasteiger partial charge in [0.05, 0.1) is 4.90 Å². The molecule has 6 heteroatoms. The predicted molar refractivity (Wildman–Crippen MR) is 69.7 cm³/mol. The van der Waals surface area contributed by atoms with Gasteiger partial charge in [-0.25, -0.2) is 13.6 Å². The molecule has 1 aromatic carbocycles. The van der Waals surface area contributed by atoms with Crippen LogP contribution in [0, 0.1) is 6.92 Å². The van der Waals surface area contributed by atoms with Gasteiger partial charge in [-0.05, 0) is 30.7 Å². The van der Waals surface area contributed by atoms with Crippen LogP contribution < -0.4 is 5.14 Å². The molecule has 0 atom stereocenters. The number of rotatable bonds is 4. The fraction of sp³-hybridized carbons (Fsp3) is 0.250. The van der Waals surface area contributed by atoms with Crippen molar-refractivity contribution in [2.45, 2.75) is 11.8 Å². The molecule has 0 aliphatic carbocycles. The van der Waals surface area contributed by atoms with Crippen LogP contribution in [0.15, 0.2) is 35.7 Å². The lowest BCUT2D eigenvalue weighted by molar-refractivity contribution is 0.0809. The summed E-state index contributed by atoms with van der Waals surface area (Å²) in [7, 11) is -2.09. The van der Waals surface area contributed by atoms with Crippen LogP contribution in [0.2, 0.25) is 0 Å². The molecule has 0 radical (unpaired) electrons. The summed E-state index contributed by atoms with van der Waals surface area (Å²) in [6.45, 7) is 5.65. The van der Waals surface area contributed by atoms with Gasteiger partial charge in [-0.3, -0.25) is 4.79 Å². The largest absolute Gasteiger partial charge is 0.338 e. The van der Waals surface area contributed by atoms with Crippen LogP contribution in [0.3, 0.4) is 0 Å². The summed E-state index contributed by atoms with van der Waals surface area (Å²) in [5.74, 6) is -0.187. The summed E-state index contributed by atoms with van der Waals surface area (Å²) < 4.78 is 22.3. The van der Waals surface area contributed by atoms with E-state index >= 15 is 0 Å². The second-order valence-corrected chi connectivity index (χ2v) is 5.56. The second kappa shape index (κ2) is 5.32. The number of benzene rings is 1. The molecule has 5 nitrogen and oxygen atoms in total. The normalized spacial score (nSPS) is 11.1. The quantitative estimate of drug-likeness (QED) is 0.824. The van der Waals surface area contributed by atoms with Crippen LogP contribution in [0.25, 0.3) is 0 Å². The van der Waals surface area contributed by atoms with Crippen LogP contribution in [-0.2, 0) is 10.0 Å². The maximum absolute atomic E-state index is 12.0. The first kappa shape index (κ1) is 14.4. The molecule has 0 heterocycles. The van der Waals surface area contributed by atoms with E-state index in [1.165, 1.54) is 23.1 Å². The topological polar surface area (TPSA) is 80.5 Å². The summed E-state index contributed by atoms with van der Waals surface area (Å²) in [6.07, 6.45) is 1.62. The summed E-state index contributed by atoms with van der Waals surface area (Å²) in [6, 6.07) is 4.19. The fourth-order valence-electron chi connectivity index (χ4n) is 1.54. The highest BCUT2D eigenvalue weighted by atomic mass is 32.2. The summed E-state index contributed by atoms with van der Waals surface area (Å²) in [5.41, 5.74) is 1.02. The van der Waals surface area contributed by atoms with Crippen LogP contribution in [0.4, 0.5) is 0 Å². The average Bonchev–Trinajstić information content (AvgIpc) is 2.27. The number of likely N-dealkylation sites (N-methyl/N-ethyl adjacent to an activating group) is 1. The first-order valence-corrected chi connectivity index (χ1v) is 6.82. The maximum Gasteiger partial charge on any atom is 0.254 e. The van der Waals surface area contributed by atoms with E-state index in [0.29, 0.717) is 17.7 Å². The molecule has 0 saturated heterocycles. The van der Waals surface area contributed by atoms with Gasteiger partial charge in [0.2, 0.25) is 10.0 Å². The molecule has 1 aromatic rings. The van der Waals surface area contributed by atoms with Crippen molar-refractivity contribution in [2.75, 3.05) is 13.6 Å². The first-order chi connectivity index (χ1) is 8.27. The van der Waals surface area contributed by atoms with E-state index in [2.05, 4.69) is 6.58 Å². The van der Waals surface area contributed by atoms with Crippen LogP contribution in [-0.4, -0.2) is 32.8 Å². The van der Waals surface area contributed by atoms with Crippen molar-refractivity contribution in [2.24, 2.45) is 5.14 Å². The maximum atomic E-state index is 12.0. The van der Waals surface area contributed by atoms with Gasteiger partial charge in [0, 0.05) is 19.2 Å². The average molecular weight is 268 g/mol. The van der Waals surface area contributed by atoms with E-state index < -0.39 is 10.0 Å². The zero-order valence-electron chi connectivity index (χ0n) is 10.4. The summed E-state index contributed by atoms with van der Waals surface area (Å²) in [4.78, 5) is 13.5. The van der Waals surface area contributed by atoms with Gasteiger partial charge in [-0.1, -0.05) is 6.08 Å². The van der Waals surface area contributed by atoms with Crippen molar-refractivity contribution in [3.63, 3.8) is 0 Å². The Balaban J connectivity index is 3.14. The molecule has 98 valence electrons. The van der Waals surface area contributed by atoms with Crippen LogP contribution in [0.1, 0.15) is 15.9 Å². The number of carbonyl (C=O) groups excluding carboxylic acids is 1. The zero-order chi connectivity index (χ0) is 13.9. The number of hydrogen-bond donors (Lipinski definition) is 1. The standard InChI is InChI=1S/C12H16N2O3S/c1-4-7-14(3)12(15)11-6-5-10(8-9(11)2)18(13,16)17/h4-6,8H,1,7H2,2-3H3,(H2,13,16,17). The highest BCUT2D eigenvalue weighted by molar-refractivity contribution is 7.89. The molecule has 0 bridgehead atoms. The molecule has 2 N–H and O–H groups in total. The lowest BCUT2D eigenvalue weighted by Gasteiger charge is -2.16. The van der Waals surface area contributed by atoms with Crippen molar-refractivity contribution in [1.82, 2.24) is 4.90 Å². The van der Waals surface area contributed by atoms with Gasteiger partial charge < -0.3 is 4.90 Å². The Morgan fingerprint density at radius 2 is 2.11 bits per heavy atom. The van der Waals surface area contributed by atoms with E-state index in [9.17, 15) is 13.2 Å². The van der Waals surface area contributed by atoms with Crippen molar-refractivity contribution < 1.29 is 13.2 Å². The summed E-state index contributed by atoms with van der Waals surface area (Å²) in [5, 5.41) is 5.02. The predicted octanol–water partition coefficient (Wildman–Crippen LogP) is 0.900. The van der Waals surface area contributed by atoms with Gasteiger partial charge >= 0.3 is 0 Å². The molecule has 0 saturated carbocycles. The van der Waals surface area contributed by atoms with Gasteiger partial charge in [-0.2, -0.15) is 0 Å². The number of amides is 1. The minimum absolute atomic E-state index is 0.00271. The molecule has 1 amide bonds. The number of hydrogen-bond acceptors (Lipinski definition) is 3. The Labute approximate surface area is 107 Å². The van der Waals surface area contributed by atoms with E-state index in [-0.39, 0.29) is 10.8 Å². The van der Waals surface area contributed by atoms with Gasteiger partial charge in [0.15, 0.2) is 0 Å². The van der Waals surface area contributed by atoms with Crippen LogP contribution in [0.5, 0.6) is 0 Å². The minimum Gasteiger partial charge on any atom is -0.338 e. The Hall–Kier alpha value is -1.66. The Morgan fingerprint density at radius 1 is 1.50 bits per heavy atom. The third-order valence-corrected chi connectivity index (χ3v) is 3.42. The Morgan fingerprint density at radius 3 is 2.56 bits per heavy atom.